The third-order valence-corrected chi connectivity index (χ3v) is 1.57. The third kappa shape index (κ3) is 1.55. The summed E-state index contributed by atoms with van der Waals surface area (Å²) in [5.74, 6) is -0.0330. The summed E-state index contributed by atoms with van der Waals surface area (Å²) in [6, 6.07) is 1.07. The second-order valence-electron chi connectivity index (χ2n) is 2.12. The van der Waals surface area contributed by atoms with Gasteiger partial charge in [-0.05, 0) is 6.07 Å². The molecule has 0 fully saturated rings. The number of anilines is 1. The molecule has 1 aromatic heterocycles. The van der Waals surface area contributed by atoms with Crippen molar-refractivity contribution in [1.82, 2.24) is 4.98 Å². The Morgan fingerprint density at radius 3 is 2.58 bits per heavy atom. The largest absolute Gasteiger partial charge is 0.385 e. The Hall–Kier alpha value is -1.10. The van der Waals surface area contributed by atoms with Crippen LogP contribution in [0.2, 0.25) is 5.02 Å². The lowest BCUT2D eigenvalue weighted by atomic mass is 10.3. The minimum atomic E-state index is -2.89. The first kappa shape index (κ1) is 8.99. The highest BCUT2D eigenvalue weighted by Gasteiger charge is 2.16. The smallest absolute Gasteiger partial charge is 0.270 e. The standard InChI is InChI=1S/C6H5ClF2N2O/c7-2-1-3(10)11-6(12)4(2)5(8)9/h1,5H,(H3,10,11,12). The molecule has 0 aliphatic heterocycles. The van der Waals surface area contributed by atoms with Crippen LogP contribution in [0.25, 0.3) is 0 Å². The average Bonchev–Trinajstić information content (AvgIpc) is 1.82. The van der Waals surface area contributed by atoms with Gasteiger partial charge in [0.2, 0.25) is 0 Å². The summed E-state index contributed by atoms with van der Waals surface area (Å²) in [6.07, 6.45) is -2.89. The zero-order valence-electron chi connectivity index (χ0n) is 5.77. The van der Waals surface area contributed by atoms with Gasteiger partial charge in [0.25, 0.3) is 12.0 Å². The van der Waals surface area contributed by atoms with Crippen LogP contribution in [0.3, 0.4) is 0 Å². The number of nitrogens with two attached hydrogens (primary N) is 1. The number of rotatable bonds is 1. The number of H-pyrrole nitrogens is 1. The summed E-state index contributed by atoms with van der Waals surface area (Å²) >= 11 is 5.35. The Kier molecular flexibility index (Phi) is 2.32. The van der Waals surface area contributed by atoms with Crippen LogP contribution in [0.5, 0.6) is 0 Å². The first-order valence-corrected chi connectivity index (χ1v) is 3.36. The lowest BCUT2D eigenvalue weighted by Gasteiger charge is -2.01. The maximum absolute atomic E-state index is 12.1. The van der Waals surface area contributed by atoms with Gasteiger partial charge in [-0.25, -0.2) is 8.78 Å². The van der Waals surface area contributed by atoms with E-state index in [4.69, 9.17) is 17.3 Å². The lowest BCUT2D eigenvalue weighted by molar-refractivity contribution is 0.150. The number of alkyl halides is 2. The van der Waals surface area contributed by atoms with E-state index in [1.54, 1.807) is 0 Å². The van der Waals surface area contributed by atoms with E-state index in [0.717, 1.165) is 6.07 Å². The highest BCUT2D eigenvalue weighted by molar-refractivity contribution is 6.31. The molecule has 0 unspecified atom stereocenters. The molecular weight excluding hydrogens is 190 g/mol. The van der Waals surface area contributed by atoms with Gasteiger partial charge in [0.15, 0.2) is 0 Å². The van der Waals surface area contributed by atoms with Crippen molar-refractivity contribution in [1.29, 1.82) is 0 Å². The van der Waals surface area contributed by atoms with Crippen molar-refractivity contribution in [2.75, 3.05) is 5.73 Å². The summed E-state index contributed by atoms with van der Waals surface area (Å²) in [4.78, 5) is 12.8. The molecule has 0 atom stereocenters. The monoisotopic (exact) mass is 194 g/mol. The number of nitrogens with one attached hydrogen (secondary N) is 1. The quantitative estimate of drug-likeness (QED) is 0.713. The molecule has 0 aliphatic carbocycles. The summed E-state index contributed by atoms with van der Waals surface area (Å²) in [7, 11) is 0. The van der Waals surface area contributed by atoms with Gasteiger partial charge in [0, 0.05) is 0 Å². The first-order valence-electron chi connectivity index (χ1n) is 2.98. The SMILES string of the molecule is Nc1cc(Cl)c(C(F)F)c(=O)[nH]1. The van der Waals surface area contributed by atoms with Crippen molar-refractivity contribution in [3.8, 4) is 0 Å². The molecule has 3 nitrogen and oxygen atoms in total. The second-order valence-corrected chi connectivity index (χ2v) is 2.52. The predicted molar refractivity (Wildman–Crippen MR) is 41.4 cm³/mol. The van der Waals surface area contributed by atoms with Gasteiger partial charge in [-0.1, -0.05) is 11.6 Å². The number of halogens is 3. The van der Waals surface area contributed by atoms with E-state index in [9.17, 15) is 13.6 Å². The molecule has 0 aromatic carbocycles. The third-order valence-electron chi connectivity index (χ3n) is 1.26. The second kappa shape index (κ2) is 3.10. The van der Waals surface area contributed by atoms with E-state index in [-0.39, 0.29) is 10.8 Å². The molecular formula is C6H5ClF2N2O. The van der Waals surface area contributed by atoms with Gasteiger partial charge < -0.3 is 10.7 Å². The van der Waals surface area contributed by atoms with Gasteiger partial charge in [0.05, 0.1) is 5.02 Å². The van der Waals surface area contributed by atoms with Crippen molar-refractivity contribution in [3.05, 3.63) is 27.0 Å². The highest BCUT2D eigenvalue weighted by Crippen LogP contribution is 2.23. The number of hydrogen-bond donors (Lipinski definition) is 2. The number of pyridine rings is 1. The van der Waals surface area contributed by atoms with Crippen molar-refractivity contribution in [2.24, 2.45) is 0 Å². The van der Waals surface area contributed by atoms with Crippen LogP contribution in [0, 0.1) is 0 Å². The van der Waals surface area contributed by atoms with Gasteiger partial charge in [-0.3, -0.25) is 4.79 Å². The van der Waals surface area contributed by atoms with Crippen LogP contribution < -0.4 is 11.3 Å². The fraction of sp³-hybridized carbons (Fsp3) is 0.167. The Bertz CT molecular complexity index is 350. The van der Waals surface area contributed by atoms with Gasteiger partial charge in [-0.15, -0.1) is 0 Å². The maximum atomic E-state index is 12.1. The van der Waals surface area contributed by atoms with Crippen LogP contribution in [0.15, 0.2) is 10.9 Å². The fourth-order valence-electron chi connectivity index (χ4n) is 0.761. The van der Waals surface area contributed by atoms with Crippen molar-refractivity contribution in [2.45, 2.75) is 6.43 Å². The molecule has 0 radical (unpaired) electrons. The Balaban J connectivity index is 3.39. The highest BCUT2D eigenvalue weighted by atomic mass is 35.5. The van der Waals surface area contributed by atoms with Crippen LogP contribution in [-0.4, -0.2) is 4.98 Å². The number of aromatic amines is 1. The minimum Gasteiger partial charge on any atom is -0.385 e. The topological polar surface area (TPSA) is 58.9 Å². The molecule has 1 aromatic rings. The van der Waals surface area contributed by atoms with E-state index in [1.807, 2.05) is 4.98 Å². The number of aromatic nitrogens is 1. The van der Waals surface area contributed by atoms with E-state index in [0.29, 0.717) is 0 Å². The number of nitrogen functional groups attached to an aromatic ring is 1. The molecule has 66 valence electrons. The molecule has 0 spiro atoms. The first-order chi connectivity index (χ1) is 5.52. The van der Waals surface area contributed by atoms with E-state index in [1.165, 1.54) is 0 Å². The Labute approximate surface area is 71.2 Å². The molecule has 12 heavy (non-hydrogen) atoms. The van der Waals surface area contributed by atoms with Gasteiger partial charge >= 0.3 is 0 Å². The molecule has 0 bridgehead atoms. The van der Waals surface area contributed by atoms with Crippen molar-refractivity contribution in [3.63, 3.8) is 0 Å². The van der Waals surface area contributed by atoms with Crippen molar-refractivity contribution < 1.29 is 8.78 Å². The van der Waals surface area contributed by atoms with Crippen LogP contribution in [0.1, 0.15) is 12.0 Å². The Morgan fingerprint density at radius 2 is 2.17 bits per heavy atom. The van der Waals surface area contributed by atoms with E-state index < -0.39 is 17.5 Å². The predicted octanol–water partition coefficient (Wildman–Crippen LogP) is 1.55. The lowest BCUT2D eigenvalue weighted by Crippen LogP contribution is -2.15. The fourth-order valence-corrected chi connectivity index (χ4v) is 1.05. The summed E-state index contributed by atoms with van der Waals surface area (Å²) < 4.78 is 24.2. The molecule has 3 N–H and O–H groups in total. The van der Waals surface area contributed by atoms with Crippen LogP contribution >= 0.6 is 11.6 Å². The normalized spacial score (nSPS) is 10.7. The van der Waals surface area contributed by atoms with Gasteiger partial charge in [0.1, 0.15) is 11.4 Å². The molecule has 6 heteroatoms. The average molecular weight is 195 g/mol. The molecule has 0 saturated carbocycles. The zero-order valence-corrected chi connectivity index (χ0v) is 6.53. The molecule has 1 rings (SSSR count). The summed E-state index contributed by atoms with van der Waals surface area (Å²) in [5.41, 5.74) is 3.45. The summed E-state index contributed by atoms with van der Waals surface area (Å²) in [6.45, 7) is 0. The zero-order chi connectivity index (χ0) is 9.30. The maximum Gasteiger partial charge on any atom is 0.270 e. The van der Waals surface area contributed by atoms with E-state index >= 15 is 0 Å². The summed E-state index contributed by atoms with van der Waals surface area (Å²) in [5, 5.41) is -0.314. The number of hydrogen-bond acceptors (Lipinski definition) is 2. The molecule has 1 heterocycles. The van der Waals surface area contributed by atoms with Crippen LogP contribution in [0.4, 0.5) is 14.6 Å². The van der Waals surface area contributed by atoms with Crippen molar-refractivity contribution >= 4 is 17.4 Å². The van der Waals surface area contributed by atoms with E-state index in [2.05, 4.69) is 0 Å². The van der Waals surface area contributed by atoms with Gasteiger partial charge in [-0.2, -0.15) is 0 Å². The van der Waals surface area contributed by atoms with Crippen LogP contribution in [-0.2, 0) is 0 Å². The molecule has 0 saturated heterocycles. The minimum absolute atomic E-state index is 0.0330. The molecule has 0 aliphatic rings. The molecule has 0 amide bonds. The Morgan fingerprint density at radius 1 is 1.58 bits per heavy atom.